The van der Waals surface area contributed by atoms with Gasteiger partial charge in [0.2, 0.25) is 0 Å². The number of aldehydes is 1. The quantitative estimate of drug-likeness (QED) is 0.450. The predicted molar refractivity (Wildman–Crippen MR) is 112 cm³/mol. The highest BCUT2D eigenvalue weighted by molar-refractivity contribution is 7.98. The van der Waals surface area contributed by atoms with E-state index >= 15 is 0 Å². The van der Waals surface area contributed by atoms with Gasteiger partial charge in [0, 0.05) is 16.2 Å². The third-order valence-electron chi connectivity index (χ3n) is 4.46. The van der Waals surface area contributed by atoms with Crippen LogP contribution in [0.5, 0.6) is 5.75 Å². The summed E-state index contributed by atoms with van der Waals surface area (Å²) >= 11 is 1.74. The van der Waals surface area contributed by atoms with Crippen LogP contribution >= 0.6 is 11.8 Å². The third kappa shape index (κ3) is 4.91. The van der Waals surface area contributed by atoms with Crippen LogP contribution in [0.15, 0.2) is 41.3 Å². The molecule has 0 heterocycles. The van der Waals surface area contributed by atoms with Crippen LogP contribution in [0, 0.1) is 0 Å². The first-order valence-corrected chi connectivity index (χ1v) is 9.94. The molecule has 140 valence electrons. The normalized spacial score (nSPS) is 12.1. The number of hydrogen-bond acceptors (Lipinski definition) is 3. The van der Waals surface area contributed by atoms with Gasteiger partial charge in [-0.05, 0) is 45.7 Å². The molecule has 0 aliphatic rings. The van der Waals surface area contributed by atoms with Gasteiger partial charge in [-0.2, -0.15) is 0 Å². The van der Waals surface area contributed by atoms with Crippen LogP contribution in [0.2, 0.25) is 0 Å². The Morgan fingerprint density at radius 3 is 2.04 bits per heavy atom. The van der Waals surface area contributed by atoms with Crippen LogP contribution in [0.1, 0.15) is 68.6 Å². The zero-order valence-corrected chi connectivity index (χ0v) is 17.8. The molecule has 2 rings (SSSR count). The molecule has 0 N–H and O–H groups in total. The van der Waals surface area contributed by atoms with Gasteiger partial charge >= 0.3 is 0 Å². The van der Waals surface area contributed by atoms with Gasteiger partial charge in [-0.3, -0.25) is 4.79 Å². The molecule has 0 fully saturated rings. The van der Waals surface area contributed by atoms with Gasteiger partial charge in [-0.25, -0.2) is 0 Å². The summed E-state index contributed by atoms with van der Waals surface area (Å²) in [5.74, 6) is 1.68. The fourth-order valence-corrected chi connectivity index (χ4v) is 4.07. The highest BCUT2D eigenvalue weighted by atomic mass is 32.2. The van der Waals surface area contributed by atoms with E-state index in [-0.39, 0.29) is 10.8 Å². The molecule has 3 heteroatoms. The lowest BCUT2D eigenvalue weighted by Gasteiger charge is -2.28. The van der Waals surface area contributed by atoms with Crippen molar-refractivity contribution < 1.29 is 9.53 Å². The Bertz CT molecular complexity index is 763. The molecule has 0 unspecified atom stereocenters. The number of hydrogen-bond donors (Lipinski definition) is 0. The smallest absolute Gasteiger partial charge is 0.151 e. The lowest BCUT2D eigenvalue weighted by Crippen LogP contribution is -2.18. The molecule has 0 aliphatic carbocycles. The Hall–Kier alpha value is -1.74. The molecule has 0 bridgehead atoms. The summed E-state index contributed by atoms with van der Waals surface area (Å²) in [4.78, 5) is 12.9. The topological polar surface area (TPSA) is 26.3 Å². The van der Waals surface area contributed by atoms with Crippen molar-refractivity contribution in [3.63, 3.8) is 0 Å². The minimum Gasteiger partial charge on any atom is -0.497 e. The van der Waals surface area contributed by atoms with Crippen LogP contribution < -0.4 is 4.74 Å². The van der Waals surface area contributed by atoms with Gasteiger partial charge in [0.15, 0.2) is 6.29 Å². The monoisotopic (exact) mass is 370 g/mol. The largest absolute Gasteiger partial charge is 0.497 e. The number of thioether (sulfide) groups is 1. The van der Waals surface area contributed by atoms with Crippen molar-refractivity contribution in [2.75, 3.05) is 7.11 Å². The second-order valence-corrected chi connectivity index (χ2v) is 9.68. The summed E-state index contributed by atoms with van der Waals surface area (Å²) in [5.41, 5.74) is 4.44. The molecule has 0 amide bonds. The van der Waals surface area contributed by atoms with E-state index in [1.54, 1.807) is 18.9 Å². The Balaban J connectivity index is 2.43. The SMILES string of the molecule is COc1ccc(CSc2c(C=O)cc(C(C)(C)C)cc2C(C)(C)C)cc1. The second kappa shape index (κ2) is 7.87. The minimum absolute atomic E-state index is 0.0109. The van der Waals surface area contributed by atoms with Crippen molar-refractivity contribution in [3.05, 3.63) is 58.7 Å². The summed E-state index contributed by atoms with van der Waals surface area (Å²) < 4.78 is 5.22. The van der Waals surface area contributed by atoms with E-state index in [1.807, 2.05) is 12.1 Å². The summed E-state index contributed by atoms with van der Waals surface area (Å²) in [6.45, 7) is 13.2. The van der Waals surface area contributed by atoms with E-state index in [2.05, 4.69) is 65.8 Å². The maximum Gasteiger partial charge on any atom is 0.151 e. The molecule has 0 spiro atoms. The van der Waals surface area contributed by atoms with Gasteiger partial charge in [0.1, 0.15) is 5.75 Å². The first-order chi connectivity index (χ1) is 12.1. The highest BCUT2D eigenvalue weighted by Crippen LogP contribution is 2.39. The van der Waals surface area contributed by atoms with Gasteiger partial charge in [-0.15, -0.1) is 11.8 Å². The summed E-state index contributed by atoms with van der Waals surface area (Å²) in [6, 6.07) is 12.4. The highest BCUT2D eigenvalue weighted by Gasteiger charge is 2.25. The van der Waals surface area contributed by atoms with E-state index in [1.165, 1.54) is 16.7 Å². The number of ether oxygens (including phenoxy) is 1. The van der Waals surface area contributed by atoms with Gasteiger partial charge in [-0.1, -0.05) is 59.7 Å². The van der Waals surface area contributed by atoms with Crippen molar-refractivity contribution in [2.24, 2.45) is 0 Å². The molecule has 2 nitrogen and oxygen atoms in total. The second-order valence-electron chi connectivity index (χ2n) is 8.70. The average Bonchev–Trinajstić information content (AvgIpc) is 2.58. The van der Waals surface area contributed by atoms with E-state index in [0.717, 1.165) is 28.2 Å². The number of carbonyl (C=O) groups excluding carboxylic acids is 1. The minimum atomic E-state index is -0.0265. The van der Waals surface area contributed by atoms with Crippen molar-refractivity contribution in [1.29, 1.82) is 0 Å². The standard InChI is InChI=1S/C23H30O2S/c1-22(2,3)18-12-17(14-24)21(20(13-18)23(4,5)6)26-15-16-8-10-19(25-7)11-9-16/h8-14H,15H2,1-7H3. The van der Waals surface area contributed by atoms with Gasteiger partial charge in [0.05, 0.1) is 7.11 Å². The predicted octanol–water partition coefficient (Wildman–Crippen LogP) is 6.40. The first-order valence-electron chi connectivity index (χ1n) is 8.96. The van der Waals surface area contributed by atoms with E-state index in [9.17, 15) is 4.79 Å². The lowest BCUT2D eigenvalue weighted by molar-refractivity contribution is 0.112. The number of methoxy groups -OCH3 is 1. The van der Waals surface area contributed by atoms with Crippen molar-refractivity contribution in [1.82, 2.24) is 0 Å². The van der Waals surface area contributed by atoms with Crippen LogP contribution in [0.4, 0.5) is 0 Å². The van der Waals surface area contributed by atoms with E-state index < -0.39 is 0 Å². The maximum absolute atomic E-state index is 11.9. The molecule has 0 atom stereocenters. The van der Waals surface area contributed by atoms with E-state index in [0.29, 0.717) is 0 Å². The third-order valence-corrected chi connectivity index (χ3v) is 5.68. The molecule has 2 aromatic carbocycles. The lowest BCUT2D eigenvalue weighted by atomic mass is 9.79. The van der Waals surface area contributed by atoms with Crippen molar-refractivity contribution >= 4 is 18.0 Å². The maximum atomic E-state index is 11.9. The molecule has 0 aliphatic heterocycles. The number of rotatable bonds is 5. The molecule has 0 saturated heterocycles. The van der Waals surface area contributed by atoms with E-state index in [4.69, 9.17) is 4.74 Å². The first kappa shape index (κ1) is 20.6. The van der Waals surface area contributed by atoms with Crippen molar-refractivity contribution in [3.8, 4) is 5.75 Å². The zero-order chi connectivity index (χ0) is 19.5. The number of benzene rings is 2. The summed E-state index contributed by atoms with van der Waals surface area (Å²) in [5, 5.41) is 0. The summed E-state index contributed by atoms with van der Waals surface area (Å²) in [7, 11) is 1.67. The molecular weight excluding hydrogens is 340 g/mol. The van der Waals surface area contributed by atoms with Crippen LogP contribution in [0.3, 0.4) is 0 Å². The molecule has 0 aromatic heterocycles. The molecule has 0 saturated carbocycles. The van der Waals surface area contributed by atoms with Crippen LogP contribution in [0.25, 0.3) is 0 Å². The number of carbonyl (C=O) groups is 1. The van der Waals surface area contributed by atoms with Gasteiger partial charge < -0.3 is 4.74 Å². The molecule has 0 radical (unpaired) electrons. The Labute approximate surface area is 162 Å². The molecule has 26 heavy (non-hydrogen) atoms. The Morgan fingerprint density at radius 1 is 0.962 bits per heavy atom. The molecular formula is C23H30O2S. The zero-order valence-electron chi connectivity index (χ0n) is 17.0. The Morgan fingerprint density at radius 2 is 1.58 bits per heavy atom. The average molecular weight is 371 g/mol. The molecule has 2 aromatic rings. The summed E-state index contributed by atoms with van der Waals surface area (Å²) in [6.07, 6.45) is 1.00. The fraction of sp³-hybridized carbons (Fsp3) is 0.435. The van der Waals surface area contributed by atoms with Gasteiger partial charge in [0.25, 0.3) is 0 Å². The Kier molecular flexibility index (Phi) is 6.23. The fourth-order valence-electron chi connectivity index (χ4n) is 2.77. The van der Waals surface area contributed by atoms with Crippen LogP contribution in [-0.4, -0.2) is 13.4 Å². The van der Waals surface area contributed by atoms with Crippen LogP contribution in [-0.2, 0) is 16.6 Å². The van der Waals surface area contributed by atoms with Crippen molar-refractivity contribution in [2.45, 2.75) is 63.0 Å².